The van der Waals surface area contributed by atoms with Gasteiger partial charge in [-0.2, -0.15) is 4.37 Å². The molecule has 2 aromatic rings. The lowest BCUT2D eigenvalue weighted by Gasteiger charge is -2.02. The third-order valence-corrected chi connectivity index (χ3v) is 3.72. The molecule has 2 rings (SSSR count). The van der Waals surface area contributed by atoms with Crippen LogP contribution in [0.3, 0.4) is 0 Å². The molecule has 16 heavy (non-hydrogen) atoms. The number of halogens is 1. The fraction of sp³-hybridized carbons (Fsp3) is 0.0909. The van der Waals surface area contributed by atoms with Gasteiger partial charge in [0.1, 0.15) is 0 Å². The minimum absolute atomic E-state index is 0.423. The number of carbonyl (C=O) groups excluding carboxylic acids is 1. The maximum atomic E-state index is 11.0. The van der Waals surface area contributed by atoms with Crippen LogP contribution >= 0.6 is 27.5 Å². The van der Waals surface area contributed by atoms with Crippen molar-refractivity contribution in [1.82, 2.24) is 4.37 Å². The Morgan fingerprint density at radius 1 is 1.44 bits per heavy atom. The summed E-state index contributed by atoms with van der Waals surface area (Å²) in [6.07, 6.45) is 0. The van der Waals surface area contributed by atoms with Gasteiger partial charge in [0.2, 0.25) is 5.91 Å². The van der Waals surface area contributed by atoms with Crippen LogP contribution in [0, 0.1) is 6.92 Å². The van der Waals surface area contributed by atoms with Crippen LogP contribution in [0.1, 0.15) is 16.1 Å². The quantitative estimate of drug-likeness (QED) is 0.926. The van der Waals surface area contributed by atoms with E-state index in [1.54, 1.807) is 12.1 Å². The van der Waals surface area contributed by atoms with Gasteiger partial charge in [-0.15, -0.1) is 0 Å². The van der Waals surface area contributed by atoms with Crippen LogP contribution in [-0.4, -0.2) is 10.3 Å². The first kappa shape index (κ1) is 11.3. The number of benzene rings is 1. The molecule has 1 aromatic heterocycles. The van der Waals surface area contributed by atoms with E-state index in [4.69, 9.17) is 5.73 Å². The molecule has 2 N–H and O–H groups in total. The number of rotatable bonds is 2. The van der Waals surface area contributed by atoms with Gasteiger partial charge in [0.15, 0.2) is 0 Å². The van der Waals surface area contributed by atoms with Crippen LogP contribution in [-0.2, 0) is 0 Å². The molecule has 0 fully saturated rings. The van der Waals surface area contributed by atoms with Crippen molar-refractivity contribution in [2.24, 2.45) is 5.73 Å². The molecule has 0 saturated carbocycles. The van der Waals surface area contributed by atoms with Crippen molar-refractivity contribution in [3.63, 3.8) is 0 Å². The van der Waals surface area contributed by atoms with E-state index in [0.717, 1.165) is 20.6 Å². The number of aryl methyl sites for hydroxylation is 1. The van der Waals surface area contributed by atoms with E-state index >= 15 is 0 Å². The Morgan fingerprint density at radius 2 is 2.19 bits per heavy atom. The topological polar surface area (TPSA) is 56.0 Å². The number of primary amides is 1. The van der Waals surface area contributed by atoms with Crippen molar-refractivity contribution in [2.45, 2.75) is 6.92 Å². The number of nitrogens with zero attached hydrogens (tertiary/aromatic N) is 1. The number of carbonyl (C=O) groups is 1. The first-order valence-electron chi connectivity index (χ1n) is 4.61. The highest BCUT2D eigenvalue weighted by Crippen LogP contribution is 2.32. The third-order valence-electron chi connectivity index (χ3n) is 2.15. The zero-order valence-electron chi connectivity index (χ0n) is 8.53. The Hall–Kier alpha value is -1.20. The SMILES string of the molecule is Cc1cc(-c2ccc(C(N)=O)cc2Br)sn1. The summed E-state index contributed by atoms with van der Waals surface area (Å²) in [7, 11) is 0. The lowest BCUT2D eigenvalue weighted by atomic mass is 10.1. The Bertz CT molecular complexity index is 551. The zero-order valence-corrected chi connectivity index (χ0v) is 10.9. The molecule has 0 unspecified atom stereocenters. The summed E-state index contributed by atoms with van der Waals surface area (Å²) >= 11 is 4.87. The van der Waals surface area contributed by atoms with E-state index in [1.807, 2.05) is 19.1 Å². The zero-order chi connectivity index (χ0) is 11.7. The predicted octanol–water partition coefficient (Wildman–Crippen LogP) is 2.98. The highest BCUT2D eigenvalue weighted by atomic mass is 79.9. The Kier molecular flexibility index (Phi) is 3.07. The van der Waals surface area contributed by atoms with Crippen molar-refractivity contribution >= 4 is 33.4 Å². The lowest BCUT2D eigenvalue weighted by molar-refractivity contribution is 0.100. The Balaban J connectivity index is 2.47. The van der Waals surface area contributed by atoms with Crippen LogP contribution in [0.25, 0.3) is 10.4 Å². The molecule has 0 bridgehead atoms. The molecule has 0 saturated heterocycles. The van der Waals surface area contributed by atoms with Crippen LogP contribution in [0.4, 0.5) is 0 Å². The van der Waals surface area contributed by atoms with Gasteiger partial charge >= 0.3 is 0 Å². The van der Waals surface area contributed by atoms with E-state index in [0.29, 0.717) is 5.56 Å². The summed E-state index contributed by atoms with van der Waals surface area (Å²) in [6.45, 7) is 1.95. The summed E-state index contributed by atoms with van der Waals surface area (Å²) in [5.74, 6) is -0.423. The average molecular weight is 297 g/mol. The molecule has 82 valence electrons. The monoisotopic (exact) mass is 296 g/mol. The fourth-order valence-electron chi connectivity index (χ4n) is 1.36. The average Bonchev–Trinajstić information content (AvgIpc) is 2.64. The first-order chi connectivity index (χ1) is 7.58. The summed E-state index contributed by atoms with van der Waals surface area (Å²) in [5.41, 5.74) is 7.72. The van der Waals surface area contributed by atoms with Gasteiger partial charge in [-0.1, -0.05) is 22.0 Å². The molecule has 1 heterocycles. The van der Waals surface area contributed by atoms with E-state index in [2.05, 4.69) is 20.3 Å². The fourth-order valence-corrected chi connectivity index (χ4v) is 2.88. The lowest BCUT2D eigenvalue weighted by Crippen LogP contribution is -2.10. The van der Waals surface area contributed by atoms with Crippen molar-refractivity contribution in [3.05, 3.63) is 40.0 Å². The second kappa shape index (κ2) is 4.35. The van der Waals surface area contributed by atoms with E-state index in [-0.39, 0.29) is 0 Å². The maximum Gasteiger partial charge on any atom is 0.248 e. The number of amides is 1. The van der Waals surface area contributed by atoms with Gasteiger partial charge in [-0.05, 0) is 36.7 Å². The third kappa shape index (κ3) is 2.15. The minimum atomic E-state index is -0.423. The number of aromatic nitrogens is 1. The smallest absolute Gasteiger partial charge is 0.248 e. The molecule has 0 radical (unpaired) electrons. The molecule has 0 aliphatic carbocycles. The maximum absolute atomic E-state index is 11.0. The van der Waals surface area contributed by atoms with Gasteiger partial charge in [0.25, 0.3) is 0 Å². The molecule has 0 aliphatic rings. The van der Waals surface area contributed by atoms with Crippen molar-refractivity contribution in [2.75, 3.05) is 0 Å². The largest absolute Gasteiger partial charge is 0.366 e. The van der Waals surface area contributed by atoms with Crippen molar-refractivity contribution in [3.8, 4) is 10.4 Å². The highest BCUT2D eigenvalue weighted by Gasteiger charge is 2.09. The van der Waals surface area contributed by atoms with Crippen LogP contribution < -0.4 is 5.73 Å². The van der Waals surface area contributed by atoms with Gasteiger partial charge in [-0.25, -0.2) is 0 Å². The molecular formula is C11H9BrN2OS. The second-order valence-corrected chi connectivity index (χ2v) is 5.05. The summed E-state index contributed by atoms with van der Waals surface area (Å²) in [4.78, 5) is 12.1. The number of hydrogen-bond donors (Lipinski definition) is 1. The van der Waals surface area contributed by atoms with E-state index in [1.165, 1.54) is 11.5 Å². The molecule has 0 spiro atoms. The second-order valence-electron chi connectivity index (χ2n) is 3.39. The normalized spacial score (nSPS) is 10.4. The van der Waals surface area contributed by atoms with Crippen LogP contribution in [0.2, 0.25) is 0 Å². The number of hydrogen-bond acceptors (Lipinski definition) is 3. The Labute approximate surface area is 106 Å². The van der Waals surface area contributed by atoms with Gasteiger partial charge in [0.05, 0.1) is 10.6 Å². The summed E-state index contributed by atoms with van der Waals surface area (Å²) < 4.78 is 5.07. The highest BCUT2D eigenvalue weighted by molar-refractivity contribution is 9.10. The molecule has 5 heteroatoms. The molecular weight excluding hydrogens is 288 g/mol. The van der Waals surface area contributed by atoms with Crippen LogP contribution in [0.5, 0.6) is 0 Å². The summed E-state index contributed by atoms with van der Waals surface area (Å²) in [5, 5.41) is 0. The molecule has 0 atom stereocenters. The molecule has 0 aliphatic heterocycles. The van der Waals surface area contributed by atoms with Gasteiger partial charge in [-0.3, -0.25) is 4.79 Å². The molecule has 1 aromatic carbocycles. The van der Waals surface area contributed by atoms with E-state index < -0.39 is 5.91 Å². The predicted molar refractivity (Wildman–Crippen MR) is 68.5 cm³/mol. The van der Waals surface area contributed by atoms with Gasteiger partial charge < -0.3 is 5.73 Å². The van der Waals surface area contributed by atoms with Crippen molar-refractivity contribution < 1.29 is 4.79 Å². The first-order valence-corrected chi connectivity index (χ1v) is 6.17. The van der Waals surface area contributed by atoms with E-state index in [9.17, 15) is 4.79 Å². The van der Waals surface area contributed by atoms with Crippen LogP contribution in [0.15, 0.2) is 28.7 Å². The van der Waals surface area contributed by atoms with Gasteiger partial charge in [0, 0.05) is 15.6 Å². The Morgan fingerprint density at radius 3 is 2.69 bits per heavy atom. The molecule has 1 amide bonds. The summed E-state index contributed by atoms with van der Waals surface area (Å²) in [6, 6.07) is 7.33. The van der Waals surface area contributed by atoms with Crippen molar-refractivity contribution in [1.29, 1.82) is 0 Å². The standard InChI is InChI=1S/C11H9BrN2OS/c1-6-4-10(16-14-6)8-3-2-7(11(13)15)5-9(8)12/h2-5H,1H3,(H2,13,15). The number of nitrogens with two attached hydrogens (primary N) is 1. The molecule has 3 nitrogen and oxygen atoms in total. The minimum Gasteiger partial charge on any atom is -0.366 e.